The number of urea groups is 1. The topological polar surface area (TPSA) is 41.6 Å². The molecule has 1 aromatic rings. The van der Waals surface area contributed by atoms with E-state index in [0.717, 1.165) is 63.4 Å². The number of likely N-dealkylation sites (tertiary alicyclic amines) is 1. The molecule has 1 aromatic carbocycles. The molecule has 0 unspecified atom stereocenters. The summed E-state index contributed by atoms with van der Waals surface area (Å²) >= 11 is 2.01. The minimum atomic E-state index is 0.0473. The molecule has 0 atom stereocenters. The van der Waals surface area contributed by atoms with E-state index in [1.165, 1.54) is 18.4 Å². The molecule has 2 fully saturated rings. The van der Waals surface area contributed by atoms with E-state index in [4.69, 9.17) is 4.74 Å². The highest BCUT2D eigenvalue weighted by atomic mass is 32.2. The Morgan fingerprint density at radius 2 is 1.92 bits per heavy atom. The third-order valence-corrected chi connectivity index (χ3v) is 6.17. The summed E-state index contributed by atoms with van der Waals surface area (Å²) in [6, 6.07) is 8.33. The highest BCUT2D eigenvalue weighted by molar-refractivity contribution is 7.99. The zero-order valence-corrected chi connectivity index (χ0v) is 15.2. The quantitative estimate of drug-likeness (QED) is 0.870. The molecule has 0 bridgehead atoms. The Hall–Kier alpha value is -1.20. The van der Waals surface area contributed by atoms with E-state index >= 15 is 0 Å². The number of benzene rings is 1. The summed E-state index contributed by atoms with van der Waals surface area (Å²) in [6.07, 6.45) is 7.02. The minimum Gasteiger partial charge on any atom is -0.381 e. The summed E-state index contributed by atoms with van der Waals surface area (Å²) in [6.45, 7) is 3.55. The molecule has 3 rings (SSSR count). The molecular weight excluding hydrogens is 320 g/mol. The van der Waals surface area contributed by atoms with Crippen LogP contribution in [0.4, 0.5) is 10.5 Å². The maximum atomic E-state index is 12.4. The first-order valence-corrected chi connectivity index (χ1v) is 10.2. The van der Waals surface area contributed by atoms with Gasteiger partial charge in [0, 0.05) is 43.0 Å². The average molecular weight is 349 g/mol. The van der Waals surface area contributed by atoms with E-state index in [1.807, 2.05) is 28.8 Å². The Morgan fingerprint density at radius 3 is 2.67 bits per heavy atom. The van der Waals surface area contributed by atoms with Gasteiger partial charge in [-0.15, -0.1) is 0 Å². The Morgan fingerprint density at radius 1 is 1.17 bits per heavy atom. The van der Waals surface area contributed by atoms with Crippen LogP contribution >= 0.6 is 11.8 Å². The molecule has 2 heterocycles. The number of carbonyl (C=O) groups is 1. The van der Waals surface area contributed by atoms with Crippen molar-refractivity contribution in [3.05, 3.63) is 29.8 Å². The van der Waals surface area contributed by atoms with Gasteiger partial charge in [-0.3, -0.25) is 0 Å². The first-order chi connectivity index (χ1) is 11.8. The van der Waals surface area contributed by atoms with Gasteiger partial charge in [0.25, 0.3) is 0 Å². The minimum absolute atomic E-state index is 0.0473. The summed E-state index contributed by atoms with van der Waals surface area (Å²) in [4.78, 5) is 14.4. The van der Waals surface area contributed by atoms with E-state index in [9.17, 15) is 4.79 Å². The maximum Gasteiger partial charge on any atom is 0.321 e. The standard InChI is InChI=1S/C19H28N2O2S/c22-19(21-10-3-1-2-4-11-21)20-17-7-5-6-16(14-17)15-24-18-8-12-23-13-9-18/h5-7,14,18H,1-4,8-13,15H2,(H,20,22). The number of amides is 2. The van der Waals surface area contributed by atoms with Crippen molar-refractivity contribution in [2.45, 2.75) is 49.5 Å². The number of ether oxygens (including phenoxy) is 1. The highest BCUT2D eigenvalue weighted by Gasteiger charge is 2.16. The lowest BCUT2D eigenvalue weighted by atomic mass is 10.2. The van der Waals surface area contributed by atoms with Crippen molar-refractivity contribution in [2.24, 2.45) is 0 Å². The number of thioether (sulfide) groups is 1. The van der Waals surface area contributed by atoms with Crippen LogP contribution in [0.1, 0.15) is 44.1 Å². The highest BCUT2D eigenvalue weighted by Crippen LogP contribution is 2.26. The molecule has 0 saturated carbocycles. The molecule has 0 aliphatic carbocycles. The van der Waals surface area contributed by atoms with Crippen molar-refractivity contribution in [2.75, 3.05) is 31.6 Å². The van der Waals surface area contributed by atoms with Crippen LogP contribution in [0.25, 0.3) is 0 Å². The number of hydrogen-bond acceptors (Lipinski definition) is 3. The fraction of sp³-hybridized carbons (Fsp3) is 0.632. The van der Waals surface area contributed by atoms with Crippen LogP contribution in [-0.2, 0) is 10.5 Å². The van der Waals surface area contributed by atoms with Crippen LogP contribution in [0.5, 0.6) is 0 Å². The number of hydrogen-bond donors (Lipinski definition) is 1. The third kappa shape index (κ3) is 5.42. The van der Waals surface area contributed by atoms with Gasteiger partial charge in [0.2, 0.25) is 0 Å². The van der Waals surface area contributed by atoms with Crippen LogP contribution in [0.2, 0.25) is 0 Å². The number of nitrogens with one attached hydrogen (secondary N) is 1. The first kappa shape index (κ1) is 17.6. The van der Waals surface area contributed by atoms with E-state index in [0.29, 0.717) is 5.25 Å². The monoisotopic (exact) mass is 348 g/mol. The Kier molecular flexibility index (Phi) is 6.85. The predicted molar refractivity (Wildman–Crippen MR) is 101 cm³/mol. The maximum absolute atomic E-state index is 12.4. The number of anilines is 1. The van der Waals surface area contributed by atoms with Crippen LogP contribution in [0.3, 0.4) is 0 Å². The predicted octanol–water partition coefficient (Wildman–Crippen LogP) is 4.51. The van der Waals surface area contributed by atoms with Crippen LogP contribution < -0.4 is 5.32 Å². The molecule has 2 aliphatic heterocycles. The molecule has 2 amide bonds. The Bertz CT molecular complexity index is 524. The van der Waals surface area contributed by atoms with Crippen molar-refractivity contribution in [3.63, 3.8) is 0 Å². The van der Waals surface area contributed by atoms with Gasteiger partial charge >= 0.3 is 6.03 Å². The summed E-state index contributed by atoms with van der Waals surface area (Å²) in [5, 5.41) is 3.78. The first-order valence-electron chi connectivity index (χ1n) is 9.15. The normalized spacial score (nSPS) is 19.8. The second-order valence-corrected chi connectivity index (χ2v) is 7.94. The van der Waals surface area contributed by atoms with Crippen molar-refractivity contribution >= 4 is 23.5 Å². The second kappa shape index (κ2) is 9.33. The van der Waals surface area contributed by atoms with E-state index in [1.54, 1.807) is 0 Å². The Labute approximate surface area is 149 Å². The SMILES string of the molecule is O=C(Nc1cccc(CSC2CCOCC2)c1)N1CCCCCC1. The van der Waals surface area contributed by atoms with Gasteiger partial charge < -0.3 is 15.0 Å². The van der Waals surface area contributed by atoms with Crippen molar-refractivity contribution in [1.82, 2.24) is 4.90 Å². The van der Waals surface area contributed by atoms with Gasteiger partial charge in [0.15, 0.2) is 0 Å². The zero-order chi connectivity index (χ0) is 16.6. The molecule has 5 heteroatoms. The molecule has 2 saturated heterocycles. The molecule has 2 aliphatic rings. The van der Waals surface area contributed by atoms with Crippen LogP contribution in [0, 0.1) is 0 Å². The third-order valence-electron chi connectivity index (χ3n) is 4.73. The fourth-order valence-corrected chi connectivity index (χ4v) is 4.41. The van der Waals surface area contributed by atoms with Crippen LogP contribution in [-0.4, -0.2) is 42.5 Å². The van der Waals surface area contributed by atoms with Crippen molar-refractivity contribution < 1.29 is 9.53 Å². The molecule has 4 nitrogen and oxygen atoms in total. The lowest BCUT2D eigenvalue weighted by molar-refractivity contribution is 0.1000. The van der Waals surface area contributed by atoms with Crippen molar-refractivity contribution in [1.29, 1.82) is 0 Å². The zero-order valence-electron chi connectivity index (χ0n) is 14.3. The smallest absolute Gasteiger partial charge is 0.321 e. The van der Waals surface area contributed by atoms with Gasteiger partial charge in [-0.25, -0.2) is 4.79 Å². The van der Waals surface area contributed by atoms with E-state index < -0.39 is 0 Å². The largest absolute Gasteiger partial charge is 0.381 e. The molecule has 132 valence electrons. The summed E-state index contributed by atoms with van der Waals surface area (Å²) < 4.78 is 5.42. The van der Waals surface area contributed by atoms with Gasteiger partial charge in [-0.1, -0.05) is 25.0 Å². The van der Waals surface area contributed by atoms with E-state index in [2.05, 4.69) is 17.4 Å². The van der Waals surface area contributed by atoms with Crippen molar-refractivity contribution in [3.8, 4) is 0 Å². The van der Waals surface area contributed by atoms with E-state index in [-0.39, 0.29) is 6.03 Å². The van der Waals surface area contributed by atoms with Crippen LogP contribution in [0.15, 0.2) is 24.3 Å². The van der Waals surface area contributed by atoms with Gasteiger partial charge in [0.05, 0.1) is 0 Å². The number of nitrogens with zero attached hydrogens (tertiary/aromatic N) is 1. The summed E-state index contributed by atoms with van der Waals surface area (Å²) in [5.41, 5.74) is 2.19. The lowest BCUT2D eigenvalue weighted by Crippen LogP contribution is -2.35. The molecule has 0 radical (unpaired) electrons. The fourth-order valence-electron chi connectivity index (χ4n) is 3.27. The van der Waals surface area contributed by atoms with Gasteiger partial charge in [0.1, 0.15) is 0 Å². The summed E-state index contributed by atoms with van der Waals surface area (Å²) in [5.74, 6) is 0.998. The second-order valence-electron chi connectivity index (χ2n) is 6.65. The Balaban J connectivity index is 1.51. The molecule has 24 heavy (non-hydrogen) atoms. The lowest BCUT2D eigenvalue weighted by Gasteiger charge is -2.22. The molecule has 0 spiro atoms. The number of rotatable bonds is 4. The average Bonchev–Trinajstić information content (AvgIpc) is 2.91. The number of carbonyl (C=O) groups excluding carboxylic acids is 1. The van der Waals surface area contributed by atoms with Gasteiger partial charge in [-0.2, -0.15) is 11.8 Å². The molecule has 1 N–H and O–H groups in total. The summed E-state index contributed by atoms with van der Waals surface area (Å²) in [7, 11) is 0. The van der Waals surface area contributed by atoms with Gasteiger partial charge in [-0.05, 0) is 43.4 Å². The molecule has 0 aromatic heterocycles. The molecular formula is C19H28N2O2S.